The molecule has 3 aromatic rings. The molecule has 0 aliphatic carbocycles. The summed E-state index contributed by atoms with van der Waals surface area (Å²) >= 11 is 0. The zero-order valence-electron chi connectivity index (χ0n) is 15.7. The first kappa shape index (κ1) is 17.9. The molecule has 0 aliphatic heterocycles. The third-order valence-electron chi connectivity index (χ3n) is 4.63. The lowest BCUT2D eigenvalue weighted by Crippen LogP contribution is -1.83. The normalized spacial score (nSPS) is 11.5. The minimum absolute atomic E-state index is 1.07. The van der Waals surface area contributed by atoms with Crippen molar-refractivity contribution >= 4 is 24.3 Å². The van der Waals surface area contributed by atoms with E-state index < -0.39 is 0 Å². The highest BCUT2D eigenvalue weighted by molar-refractivity contribution is 5.79. The van der Waals surface area contributed by atoms with E-state index in [1.165, 1.54) is 33.4 Å². The predicted octanol–water partition coefficient (Wildman–Crippen LogP) is 7.15. The summed E-state index contributed by atoms with van der Waals surface area (Å²) in [6.45, 7) is 4.38. The summed E-state index contributed by atoms with van der Waals surface area (Å²) in [5.74, 6) is 0. The van der Waals surface area contributed by atoms with Gasteiger partial charge in [0.2, 0.25) is 0 Å². The minimum Gasteiger partial charge on any atom is -0.0616 e. The molecule has 0 saturated carbocycles. The van der Waals surface area contributed by atoms with Crippen LogP contribution in [0, 0.1) is 0 Å². The van der Waals surface area contributed by atoms with Gasteiger partial charge in [-0.15, -0.1) is 0 Å². The Kier molecular flexibility index (Phi) is 6.22. The van der Waals surface area contributed by atoms with Crippen LogP contribution in [0.5, 0.6) is 0 Å². The van der Waals surface area contributed by atoms with E-state index in [9.17, 15) is 0 Å². The summed E-state index contributed by atoms with van der Waals surface area (Å²) in [4.78, 5) is 0. The molecule has 0 heteroatoms. The van der Waals surface area contributed by atoms with Crippen LogP contribution < -0.4 is 0 Å². The van der Waals surface area contributed by atoms with Gasteiger partial charge in [0.15, 0.2) is 0 Å². The van der Waals surface area contributed by atoms with Crippen molar-refractivity contribution in [2.75, 3.05) is 0 Å². The lowest BCUT2D eigenvalue weighted by atomic mass is 10.0. The van der Waals surface area contributed by atoms with Crippen molar-refractivity contribution in [1.29, 1.82) is 0 Å². The third-order valence-corrected chi connectivity index (χ3v) is 4.63. The van der Waals surface area contributed by atoms with Crippen molar-refractivity contribution in [2.24, 2.45) is 0 Å². The van der Waals surface area contributed by atoms with Gasteiger partial charge >= 0.3 is 0 Å². The van der Waals surface area contributed by atoms with Gasteiger partial charge in [0.1, 0.15) is 0 Å². The van der Waals surface area contributed by atoms with Crippen molar-refractivity contribution in [3.8, 4) is 0 Å². The highest BCUT2D eigenvalue weighted by atomic mass is 14.0. The smallest absolute Gasteiger partial charge is 0.0184 e. The van der Waals surface area contributed by atoms with Gasteiger partial charge in [0.05, 0.1) is 0 Å². The van der Waals surface area contributed by atoms with Crippen LogP contribution >= 0.6 is 0 Å². The van der Waals surface area contributed by atoms with Crippen LogP contribution in [0.1, 0.15) is 47.2 Å². The lowest BCUT2D eigenvalue weighted by Gasteiger charge is -2.03. The molecule has 0 aliphatic rings. The lowest BCUT2D eigenvalue weighted by molar-refractivity contribution is 1.14. The molecule has 0 bridgehead atoms. The van der Waals surface area contributed by atoms with Crippen molar-refractivity contribution in [1.82, 2.24) is 0 Å². The zero-order valence-corrected chi connectivity index (χ0v) is 15.7. The molecule has 0 spiro atoms. The molecular formula is C26H26. The van der Waals surface area contributed by atoms with Crippen molar-refractivity contribution in [2.45, 2.75) is 26.7 Å². The molecule has 0 amide bonds. The summed E-state index contributed by atoms with van der Waals surface area (Å²) in [7, 11) is 0. The summed E-state index contributed by atoms with van der Waals surface area (Å²) < 4.78 is 0. The van der Waals surface area contributed by atoms with E-state index in [0.717, 1.165) is 12.8 Å². The van der Waals surface area contributed by atoms with E-state index in [1.54, 1.807) is 0 Å². The molecule has 3 aromatic carbocycles. The Morgan fingerprint density at radius 1 is 0.538 bits per heavy atom. The van der Waals surface area contributed by atoms with Crippen LogP contribution in [0.3, 0.4) is 0 Å². The highest BCUT2D eigenvalue weighted by Crippen LogP contribution is 2.18. The Morgan fingerprint density at radius 3 is 1.42 bits per heavy atom. The van der Waals surface area contributed by atoms with Gasteiger partial charge in [-0.05, 0) is 46.2 Å². The van der Waals surface area contributed by atoms with Crippen LogP contribution in [-0.2, 0) is 12.8 Å². The van der Waals surface area contributed by atoms with Gasteiger partial charge in [-0.2, -0.15) is 0 Å². The van der Waals surface area contributed by atoms with Gasteiger partial charge in [0, 0.05) is 0 Å². The fraction of sp³-hybridized carbons (Fsp3) is 0.154. The number of hydrogen-bond donors (Lipinski definition) is 0. The molecule has 0 nitrogen and oxygen atoms in total. The second-order valence-corrected chi connectivity index (χ2v) is 6.49. The van der Waals surface area contributed by atoms with Gasteiger partial charge in [-0.25, -0.2) is 0 Å². The topological polar surface area (TPSA) is 0 Å². The maximum absolute atomic E-state index is 2.26. The standard InChI is InChI=1S/C26H26/c1-3-21-9-7-11-23(19-21)15-17-25-13-5-6-14-26(25)18-16-24-12-8-10-22(4-2)20-24/h5-20H,3-4H2,1-2H3/b17-15+,18-16+. The average molecular weight is 338 g/mol. The number of aryl methyl sites for hydroxylation is 2. The Hall–Kier alpha value is -2.86. The van der Waals surface area contributed by atoms with Crippen molar-refractivity contribution in [3.05, 3.63) is 106 Å². The second-order valence-electron chi connectivity index (χ2n) is 6.49. The fourth-order valence-corrected chi connectivity index (χ4v) is 3.02. The molecule has 0 saturated heterocycles. The van der Waals surface area contributed by atoms with Gasteiger partial charge in [0.25, 0.3) is 0 Å². The zero-order chi connectivity index (χ0) is 18.2. The first-order chi connectivity index (χ1) is 12.8. The Labute approximate surface area is 157 Å². The largest absolute Gasteiger partial charge is 0.0616 e. The molecule has 0 N–H and O–H groups in total. The molecule has 130 valence electrons. The Bertz CT molecular complexity index is 836. The van der Waals surface area contributed by atoms with E-state index in [0.29, 0.717) is 0 Å². The molecule has 0 atom stereocenters. The molecule has 0 heterocycles. The van der Waals surface area contributed by atoms with Gasteiger partial charge in [-0.1, -0.05) is 111 Å². The van der Waals surface area contributed by atoms with Crippen LogP contribution in [0.2, 0.25) is 0 Å². The van der Waals surface area contributed by atoms with Crippen LogP contribution in [0.25, 0.3) is 24.3 Å². The van der Waals surface area contributed by atoms with Crippen molar-refractivity contribution in [3.63, 3.8) is 0 Å². The third kappa shape index (κ3) is 4.83. The molecule has 0 unspecified atom stereocenters. The number of rotatable bonds is 6. The van der Waals surface area contributed by atoms with E-state index in [1.807, 2.05) is 0 Å². The van der Waals surface area contributed by atoms with Crippen LogP contribution in [0.4, 0.5) is 0 Å². The molecule has 0 radical (unpaired) electrons. The van der Waals surface area contributed by atoms with E-state index >= 15 is 0 Å². The molecule has 0 fully saturated rings. The highest BCUT2D eigenvalue weighted by Gasteiger charge is 1.97. The monoisotopic (exact) mass is 338 g/mol. The molecular weight excluding hydrogens is 312 g/mol. The van der Waals surface area contributed by atoms with Crippen LogP contribution in [0.15, 0.2) is 72.8 Å². The Morgan fingerprint density at radius 2 is 1.00 bits per heavy atom. The quantitative estimate of drug-likeness (QED) is 0.418. The summed E-state index contributed by atoms with van der Waals surface area (Å²) in [6, 6.07) is 26.0. The average Bonchev–Trinajstić information content (AvgIpc) is 2.71. The van der Waals surface area contributed by atoms with E-state index in [4.69, 9.17) is 0 Å². The number of hydrogen-bond acceptors (Lipinski definition) is 0. The Balaban J connectivity index is 1.83. The molecule has 0 aromatic heterocycles. The minimum atomic E-state index is 1.07. The maximum Gasteiger partial charge on any atom is -0.0184 e. The summed E-state index contributed by atoms with van der Waals surface area (Å²) in [5, 5.41) is 0. The first-order valence-electron chi connectivity index (χ1n) is 9.41. The van der Waals surface area contributed by atoms with Crippen LogP contribution in [-0.4, -0.2) is 0 Å². The molecule has 3 rings (SSSR count). The second kappa shape index (κ2) is 9.01. The fourth-order valence-electron chi connectivity index (χ4n) is 3.02. The SMILES string of the molecule is CCc1cccc(/C=C/c2ccccc2/C=C/c2cccc(CC)c2)c1. The predicted molar refractivity (Wildman–Crippen MR) is 116 cm³/mol. The van der Waals surface area contributed by atoms with Gasteiger partial charge in [-0.3, -0.25) is 0 Å². The summed E-state index contributed by atoms with van der Waals surface area (Å²) in [6.07, 6.45) is 10.9. The first-order valence-corrected chi connectivity index (χ1v) is 9.41. The van der Waals surface area contributed by atoms with E-state index in [2.05, 4.69) is 111 Å². The number of benzene rings is 3. The van der Waals surface area contributed by atoms with E-state index in [-0.39, 0.29) is 0 Å². The summed E-state index contributed by atoms with van der Waals surface area (Å²) in [5.41, 5.74) is 7.71. The maximum atomic E-state index is 2.26. The molecule has 26 heavy (non-hydrogen) atoms. The van der Waals surface area contributed by atoms with Gasteiger partial charge < -0.3 is 0 Å². The van der Waals surface area contributed by atoms with Crippen molar-refractivity contribution < 1.29 is 0 Å².